The van der Waals surface area contributed by atoms with E-state index in [2.05, 4.69) is 84.9 Å². The van der Waals surface area contributed by atoms with Crippen molar-refractivity contribution >= 4 is 21.8 Å². The molecule has 2 heterocycles. The number of hydrogen-bond acceptors (Lipinski definition) is 3. The van der Waals surface area contributed by atoms with Crippen LogP contribution in [0, 0.1) is 0 Å². The van der Waals surface area contributed by atoms with Gasteiger partial charge in [0.2, 0.25) is 0 Å². The molecule has 0 N–H and O–H groups in total. The fourth-order valence-corrected chi connectivity index (χ4v) is 5.44. The van der Waals surface area contributed by atoms with Gasteiger partial charge in [-0.05, 0) is 46.2 Å². The molecule has 0 aliphatic heterocycles. The molecule has 0 saturated heterocycles. The lowest BCUT2D eigenvalue weighted by Crippen LogP contribution is -2.19. The van der Waals surface area contributed by atoms with Crippen LogP contribution in [0.5, 0.6) is 0 Å². The summed E-state index contributed by atoms with van der Waals surface area (Å²) in [5, 5.41) is 2.33. The van der Waals surface area contributed by atoms with Gasteiger partial charge in [0.15, 0.2) is 5.82 Å². The third-order valence-corrected chi connectivity index (χ3v) is 7.59. The summed E-state index contributed by atoms with van der Waals surface area (Å²) < 4.78 is 3.37. The number of aromatic nitrogens is 4. The van der Waals surface area contributed by atoms with Crippen LogP contribution in [0.3, 0.4) is 0 Å². The van der Waals surface area contributed by atoms with Crippen LogP contribution in [0.2, 0.25) is 0 Å². The van der Waals surface area contributed by atoms with E-state index in [1.54, 1.807) is 16.2 Å². The van der Waals surface area contributed by atoms with E-state index in [9.17, 15) is 4.79 Å². The third kappa shape index (κ3) is 4.00. The van der Waals surface area contributed by atoms with Crippen molar-refractivity contribution in [1.29, 1.82) is 0 Å². The number of nitrogens with zero attached hydrogens (tertiary/aromatic N) is 4. The predicted molar refractivity (Wildman–Crippen MR) is 163 cm³/mol. The van der Waals surface area contributed by atoms with Gasteiger partial charge in [-0.3, -0.25) is 9.13 Å². The molecule has 5 heteroatoms. The molecule has 5 nitrogen and oxygen atoms in total. The molecule has 0 bridgehead atoms. The fourth-order valence-electron chi connectivity index (χ4n) is 5.44. The number of fused-ring (bicyclic) bond motifs is 2. The first-order chi connectivity index (χ1) is 19.6. The molecule has 192 valence electrons. The second kappa shape index (κ2) is 9.47. The topological polar surface area (TPSA) is 52.7 Å². The normalized spacial score (nSPS) is 11.3. The Kier molecular flexibility index (Phi) is 5.64. The molecule has 7 aromatic rings. The average Bonchev–Trinajstić information content (AvgIpc) is 3.24. The van der Waals surface area contributed by atoms with E-state index >= 15 is 0 Å². The molecule has 0 saturated carbocycles. The Hall–Kier alpha value is -5.29. The van der Waals surface area contributed by atoms with Crippen molar-refractivity contribution in [1.82, 2.24) is 19.1 Å². The summed E-state index contributed by atoms with van der Waals surface area (Å²) in [6.45, 7) is 0. The Balaban J connectivity index is 1.40. The van der Waals surface area contributed by atoms with Crippen molar-refractivity contribution in [3.63, 3.8) is 0 Å². The van der Waals surface area contributed by atoms with Gasteiger partial charge in [-0.25, -0.2) is 14.8 Å². The van der Waals surface area contributed by atoms with Gasteiger partial charge in [0.05, 0.1) is 22.4 Å². The fraction of sp³-hybridized carbons (Fsp3) is 0.0571. The second-order valence-corrected chi connectivity index (χ2v) is 10.0. The standard InChI is InChI=1S/C35H26N4O/c1-38-32-19-18-26(21-33(32)39(2)35(38)40)25-14-8-15-27(20-25)30-22-31(37-34(36-30)24-11-4-3-5-12-24)29-17-9-13-23-10-6-7-16-28(23)29/h3-22H,1-2H3. The molecule has 0 amide bonds. The third-order valence-electron chi connectivity index (χ3n) is 7.59. The summed E-state index contributed by atoms with van der Waals surface area (Å²) in [4.78, 5) is 22.5. The van der Waals surface area contributed by atoms with E-state index in [1.807, 2.05) is 43.4 Å². The number of benzene rings is 5. The first-order valence-electron chi connectivity index (χ1n) is 13.3. The van der Waals surface area contributed by atoms with Gasteiger partial charge in [0.1, 0.15) is 0 Å². The highest BCUT2D eigenvalue weighted by Gasteiger charge is 2.14. The van der Waals surface area contributed by atoms with Crippen molar-refractivity contribution in [2.45, 2.75) is 0 Å². The van der Waals surface area contributed by atoms with E-state index in [1.165, 1.54) is 5.39 Å². The lowest BCUT2D eigenvalue weighted by molar-refractivity contribution is 0.795. The lowest BCUT2D eigenvalue weighted by atomic mass is 9.98. The van der Waals surface area contributed by atoms with Crippen LogP contribution in [0.15, 0.2) is 126 Å². The van der Waals surface area contributed by atoms with E-state index in [4.69, 9.17) is 9.97 Å². The molecule has 0 atom stereocenters. The molecule has 40 heavy (non-hydrogen) atoms. The quantitative estimate of drug-likeness (QED) is 0.243. The van der Waals surface area contributed by atoms with Crippen molar-refractivity contribution in [3.8, 4) is 45.0 Å². The zero-order chi connectivity index (χ0) is 27.2. The summed E-state index contributed by atoms with van der Waals surface area (Å²) in [5.41, 5.74) is 8.67. The van der Waals surface area contributed by atoms with Crippen LogP contribution in [0.1, 0.15) is 0 Å². The van der Waals surface area contributed by atoms with E-state index < -0.39 is 0 Å². The van der Waals surface area contributed by atoms with Crippen LogP contribution in [0.4, 0.5) is 0 Å². The van der Waals surface area contributed by atoms with Gasteiger partial charge < -0.3 is 0 Å². The van der Waals surface area contributed by atoms with Crippen molar-refractivity contribution in [2.75, 3.05) is 0 Å². The first kappa shape index (κ1) is 23.8. The SMILES string of the molecule is Cn1c(=O)n(C)c2cc(-c3cccc(-c4cc(-c5cccc6ccccc56)nc(-c5ccccc5)n4)c3)ccc21. The number of imidazole rings is 1. The average molecular weight is 519 g/mol. The molecular weight excluding hydrogens is 492 g/mol. The maximum Gasteiger partial charge on any atom is 0.328 e. The predicted octanol–water partition coefficient (Wildman–Crippen LogP) is 7.49. The molecule has 7 rings (SSSR count). The minimum absolute atomic E-state index is 0.0312. The molecule has 2 aromatic heterocycles. The van der Waals surface area contributed by atoms with Gasteiger partial charge in [-0.15, -0.1) is 0 Å². The zero-order valence-electron chi connectivity index (χ0n) is 22.2. The Morgan fingerprint density at radius 2 is 1.18 bits per heavy atom. The molecule has 0 radical (unpaired) electrons. The maximum absolute atomic E-state index is 12.5. The highest BCUT2D eigenvalue weighted by Crippen LogP contribution is 2.33. The van der Waals surface area contributed by atoms with Crippen LogP contribution < -0.4 is 5.69 Å². The zero-order valence-corrected chi connectivity index (χ0v) is 22.2. The van der Waals surface area contributed by atoms with E-state index in [0.29, 0.717) is 5.82 Å². The molecular formula is C35H26N4O. The number of aryl methyl sites for hydroxylation is 2. The molecule has 0 fully saturated rings. The van der Waals surface area contributed by atoms with Gasteiger partial charge in [0.25, 0.3) is 0 Å². The smallest absolute Gasteiger partial charge is 0.295 e. The number of rotatable bonds is 4. The minimum Gasteiger partial charge on any atom is -0.295 e. The Labute approximate surface area is 231 Å². The van der Waals surface area contributed by atoms with Crippen LogP contribution in [0.25, 0.3) is 66.8 Å². The van der Waals surface area contributed by atoms with Crippen molar-refractivity contribution < 1.29 is 0 Å². The Bertz CT molecular complexity index is 2100. The molecule has 5 aromatic carbocycles. The highest BCUT2D eigenvalue weighted by atomic mass is 16.1. The van der Waals surface area contributed by atoms with Gasteiger partial charge in [0, 0.05) is 30.8 Å². The molecule has 0 aliphatic carbocycles. The van der Waals surface area contributed by atoms with E-state index in [-0.39, 0.29) is 5.69 Å². The molecule has 0 aliphatic rings. The van der Waals surface area contributed by atoms with Gasteiger partial charge >= 0.3 is 5.69 Å². The Morgan fingerprint density at radius 1 is 0.525 bits per heavy atom. The summed E-state index contributed by atoms with van der Waals surface area (Å²) in [7, 11) is 3.61. The molecule has 0 unspecified atom stereocenters. The summed E-state index contributed by atoms with van der Waals surface area (Å²) in [5.74, 6) is 0.687. The van der Waals surface area contributed by atoms with Crippen LogP contribution in [-0.4, -0.2) is 19.1 Å². The Morgan fingerprint density at radius 3 is 2.05 bits per heavy atom. The summed E-state index contributed by atoms with van der Waals surface area (Å²) in [6, 6.07) is 41.5. The van der Waals surface area contributed by atoms with Gasteiger partial charge in [-0.2, -0.15) is 0 Å². The minimum atomic E-state index is -0.0312. The number of hydrogen-bond donors (Lipinski definition) is 0. The lowest BCUT2D eigenvalue weighted by Gasteiger charge is -2.12. The maximum atomic E-state index is 12.5. The molecule has 0 spiro atoms. The summed E-state index contributed by atoms with van der Waals surface area (Å²) in [6.07, 6.45) is 0. The largest absolute Gasteiger partial charge is 0.328 e. The second-order valence-electron chi connectivity index (χ2n) is 10.0. The van der Waals surface area contributed by atoms with Gasteiger partial charge in [-0.1, -0.05) is 97.1 Å². The van der Waals surface area contributed by atoms with Crippen LogP contribution in [-0.2, 0) is 14.1 Å². The van der Waals surface area contributed by atoms with Crippen LogP contribution >= 0.6 is 0 Å². The van der Waals surface area contributed by atoms with E-state index in [0.717, 1.165) is 55.6 Å². The highest BCUT2D eigenvalue weighted by molar-refractivity contribution is 5.96. The van der Waals surface area contributed by atoms with Crippen molar-refractivity contribution in [3.05, 3.63) is 132 Å². The first-order valence-corrected chi connectivity index (χ1v) is 13.3. The van der Waals surface area contributed by atoms with Crippen molar-refractivity contribution in [2.24, 2.45) is 14.1 Å². The summed E-state index contributed by atoms with van der Waals surface area (Å²) >= 11 is 0. The monoisotopic (exact) mass is 518 g/mol.